The van der Waals surface area contributed by atoms with E-state index in [-0.39, 0.29) is 11.5 Å². The van der Waals surface area contributed by atoms with Gasteiger partial charge in [-0.05, 0) is 66.4 Å². The Morgan fingerprint density at radius 1 is 0.974 bits per heavy atom. The minimum atomic E-state index is 0.0648. The number of carbonyl (C=O) groups is 1. The van der Waals surface area contributed by atoms with Gasteiger partial charge < -0.3 is 9.47 Å². The van der Waals surface area contributed by atoms with Gasteiger partial charge in [-0.1, -0.05) is 52.3 Å². The van der Waals surface area contributed by atoms with Crippen LogP contribution in [-0.4, -0.2) is 77.0 Å². The number of likely N-dealkylation sites (tertiary alicyclic amines) is 1. The molecule has 38 heavy (non-hydrogen) atoms. The molecule has 0 N–H and O–H groups in total. The van der Waals surface area contributed by atoms with Crippen molar-refractivity contribution in [2.75, 3.05) is 45.8 Å². The molecule has 2 saturated heterocycles. The van der Waals surface area contributed by atoms with E-state index >= 15 is 0 Å². The van der Waals surface area contributed by atoms with Gasteiger partial charge in [0.15, 0.2) is 0 Å². The van der Waals surface area contributed by atoms with Gasteiger partial charge in [-0.15, -0.1) is 0 Å². The Morgan fingerprint density at radius 3 is 2.45 bits per heavy atom. The molecule has 1 saturated carbocycles. The summed E-state index contributed by atoms with van der Waals surface area (Å²) >= 11 is 0. The van der Waals surface area contributed by atoms with Crippen molar-refractivity contribution in [3.8, 4) is 0 Å². The van der Waals surface area contributed by atoms with E-state index < -0.39 is 0 Å². The molecule has 1 aromatic heterocycles. The Hall–Kier alpha value is -2.44. The highest BCUT2D eigenvalue weighted by molar-refractivity contribution is 5.78. The number of piperazine rings is 1. The van der Waals surface area contributed by atoms with Crippen LogP contribution < -0.4 is 5.56 Å². The van der Waals surface area contributed by atoms with Gasteiger partial charge in [0.1, 0.15) is 0 Å². The van der Waals surface area contributed by atoms with Crippen LogP contribution in [-0.2, 0) is 11.3 Å². The third-order valence-corrected chi connectivity index (χ3v) is 8.69. The highest BCUT2D eigenvalue weighted by Crippen LogP contribution is 2.31. The van der Waals surface area contributed by atoms with Crippen LogP contribution in [0.5, 0.6) is 0 Å². The quantitative estimate of drug-likeness (QED) is 0.532. The van der Waals surface area contributed by atoms with Crippen molar-refractivity contribution < 1.29 is 4.79 Å². The molecule has 6 heteroatoms. The fraction of sp³-hybridized carbons (Fsp3) is 0.625. The molecule has 2 unspecified atom stereocenters. The number of rotatable bonds is 6. The monoisotopic (exact) mass is 520 g/mol. The third kappa shape index (κ3) is 6.76. The van der Waals surface area contributed by atoms with Crippen LogP contribution in [0.3, 0.4) is 0 Å². The molecule has 1 amide bonds. The number of nitrogens with zero attached hydrogens (tertiary/aromatic N) is 4. The minimum absolute atomic E-state index is 0.0648. The van der Waals surface area contributed by atoms with Crippen molar-refractivity contribution in [1.82, 2.24) is 19.3 Å². The van der Waals surface area contributed by atoms with E-state index in [1.165, 1.54) is 36.0 Å². The van der Waals surface area contributed by atoms with Crippen LogP contribution in [0.25, 0.3) is 5.57 Å². The first kappa shape index (κ1) is 28.6. The normalized spacial score (nSPS) is 24.4. The molecule has 208 valence electrons. The summed E-state index contributed by atoms with van der Waals surface area (Å²) in [5.74, 6) is 1.08. The number of carbonyl (C=O) groups excluding carboxylic acids is 1. The standard InChI is InChI=1S/C30H42N4O2.C2H6/c1-3-14-34-21-27(11-12-29(34)35)24-7-8-25-13-15-31(20-26(25)10-9-24)22-30(36)33-18-16-32(17-19-33)28-6-4-5-23(28)2;1-2/h8-12,21,23,28H,3-7,13-20,22H2,1-2H3;1-2H3. The number of piperidine rings is 1. The van der Waals surface area contributed by atoms with Crippen molar-refractivity contribution in [3.63, 3.8) is 0 Å². The van der Waals surface area contributed by atoms with E-state index in [1.807, 2.05) is 30.7 Å². The summed E-state index contributed by atoms with van der Waals surface area (Å²) < 4.78 is 1.82. The highest BCUT2D eigenvalue weighted by Gasteiger charge is 2.32. The van der Waals surface area contributed by atoms with Gasteiger partial charge in [-0.2, -0.15) is 0 Å². The predicted octanol–water partition coefficient (Wildman–Crippen LogP) is 4.96. The highest BCUT2D eigenvalue weighted by atomic mass is 16.2. The molecule has 3 fully saturated rings. The van der Waals surface area contributed by atoms with E-state index in [0.29, 0.717) is 6.54 Å². The Bertz CT molecular complexity index is 1110. The van der Waals surface area contributed by atoms with Gasteiger partial charge in [0, 0.05) is 64.1 Å². The number of aromatic nitrogens is 1. The van der Waals surface area contributed by atoms with Crippen LogP contribution in [0.4, 0.5) is 0 Å². The first-order valence-corrected chi connectivity index (χ1v) is 15.1. The van der Waals surface area contributed by atoms with E-state index in [0.717, 1.165) is 82.6 Å². The topological polar surface area (TPSA) is 48.8 Å². The number of hydrogen-bond donors (Lipinski definition) is 0. The average Bonchev–Trinajstić information content (AvgIpc) is 3.26. The lowest BCUT2D eigenvalue weighted by Gasteiger charge is -2.40. The van der Waals surface area contributed by atoms with Crippen molar-refractivity contribution in [1.29, 1.82) is 0 Å². The summed E-state index contributed by atoms with van der Waals surface area (Å²) in [7, 11) is 0. The SMILES string of the molecule is CC.CCCn1cc(C2=CC=C3CN(CC(=O)N4CCN(C5CCCC5C)CC4)CCC3=CC2)ccc1=O. The number of allylic oxidation sites excluding steroid dienone is 4. The Kier molecular flexibility index (Phi) is 10.2. The molecule has 6 nitrogen and oxygen atoms in total. The summed E-state index contributed by atoms with van der Waals surface area (Å²) in [5, 5.41) is 0. The smallest absolute Gasteiger partial charge is 0.250 e. The maximum absolute atomic E-state index is 13.1. The van der Waals surface area contributed by atoms with E-state index in [9.17, 15) is 9.59 Å². The first-order chi connectivity index (χ1) is 18.5. The molecule has 0 bridgehead atoms. The summed E-state index contributed by atoms with van der Waals surface area (Å²) in [5.41, 5.74) is 5.16. The molecule has 4 aliphatic rings. The second-order valence-electron chi connectivity index (χ2n) is 11.1. The van der Waals surface area contributed by atoms with Crippen molar-refractivity contribution in [3.05, 3.63) is 63.6 Å². The zero-order valence-corrected chi connectivity index (χ0v) is 24.1. The number of aryl methyl sites for hydroxylation is 1. The van der Waals surface area contributed by atoms with Crippen LogP contribution in [0.2, 0.25) is 0 Å². The molecule has 0 aromatic carbocycles. The molecule has 2 atom stereocenters. The van der Waals surface area contributed by atoms with E-state index in [4.69, 9.17) is 0 Å². The van der Waals surface area contributed by atoms with Crippen molar-refractivity contribution in [2.24, 2.45) is 5.92 Å². The number of amides is 1. The second kappa shape index (κ2) is 13.6. The summed E-state index contributed by atoms with van der Waals surface area (Å²) in [6, 6.07) is 4.36. The number of fused-ring (bicyclic) bond motifs is 1. The predicted molar refractivity (Wildman–Crippen MR) is 157 cm³/mol. The summed E-state index contributed by atoms with van der Waals surface area (Å²) in [6.07, 6.45) is 15.6. The van der Waals surface area contributed by atoms with Crippen LogP contribution >= 0.6 is 0 Å². The molecule has 5 rings (SSSR count). The molecular weight excluding hydrogens is 472 g/mol. The lowest BCUT2D eigenvalue weighted by molar-refractivity contribution is -0.134. The maximum atomic E-state index is 13.1. The van der Waals surface area contributed by atoms with Gasteiger partial charge >= 0.3 is 0 Å². The lowest BCUT2D eigenvalue weighted by Crippen LogP contribution is -2.54. The summed E-state index contributed by atoms with van der Waals surface area (Å²) in [4.78, 5) is 32.3. The number of hydrogen-bond acceptors (Lipinski definition) is 4. The molecule has 2 aliphatic carbocycles. The second-order valence-corrected chi connectivity index (χ2v) is 11.1. The Labute approximate surface area is 229 Å². The van der Waals surface area contributed by atoms with Gasteiger partial charge in [-0.25, -0.2) is 0 Å². The third-order valence-electron chi connectivity index (χ3n) is 8.69. The molecule has 0 radical (unpaired) electrons. The van der Waals surface area contributed by atoms with E-state index in [1.54, 1.807) is 6.07 Å². The van der Waals surface area contributed by atoms with Gasteiger partial charge in [-0.3, -0.25) is 19.4 Å². The van der Waals surface area contributed by atoms with Crippen LogP contribution in [0.1, 0.15) is 71.8 Å². The Balaban J connectivity index is 0.00000164. The molecule has 1 aromatic rings. The first-order valence-electron chi connectivity index (χ1n) is 15.1. The van der Waals surface area contributed by atoms with Gasteiger partial charge in [0.2, 0.25) is 5.91 Å². The van der Waals surface area contributed by atoms with Gasteiger partial charge in [0.05, 0.1) is 6.54 Å². The van der Waals surface area contributed by atoms with Crippen LogP contribution in [0, 0.1) is 5.92 Å². The fourth-order valence-corrected chi connectivity index (χ4v) is 6.50. The van der Waals surface area contributed by atoms with Crippen molar-refractivity contribution in [2.45, 2.75) is 78.8 Å². The molecule has 3 heterocycles. The maximum Gasteiger partial charge on any atom is 0.250 e. The summed E-state index contributed by atoms with van der Waals surface area (Å²) in [6.45, 7) is 15.3. The molecular formula is C32H48N4O2. The van der Waals surface area contributed by atoms with Gasteiger partial charge in [0.25, 0.3) is 5.56 Å². The zero-order valence-electron chi connectivity index (χ0n) is 24.1. The largest absolute Gasteiger partial charge is 0.339 e. The molecule has 2 aliphatic heterocycles. The Morgan fingerprint density at radius 2 is 1.74 bits per heavy atom. The zero-order chi connectivity index (χ0) is 27.1. The average molecular weight is 521 g/mol. The lowest BCUT2D eigenvalue weighted by atomic mass is 9.97. The molecule has 0 spiro atoms. The van der Waals surface area contributed by atoms with Crippen LogP contribution in [0.15, 0.2) is 52.5 Å². The fourth-order valence-electron chi connectivity index (χ4n) is 6.50. The number of pyridine rings is 1. The minimum Gasteiger partial charge on any atom is -0.339 e. The van der Waals surface area contributed by atoms with Crippen molar-refractivity contribution >= 4 is 11.5 Å². The van der Waals surface area contributed by atoms with E-state index in [2.05, 4.69) is 46.8 Å².